The fourth-order valence-corrected chi connectivity index (χ4v) is 1.80. The molecule has 2 aliphatic rings. The van der Waals surface area contributed by atoms with Crippen molar-refractivity contribution in [3.63, 3.8) is 0 Å². The van der Waals surface area contributed by atoms with Gasteiger partial charge >= 0.3 is 0 Å². The van der Waals surface area contributed by atoms with Crippen LogP contribution in [0.3, 0.4) is 0 Å². The zero-order valence-electron chi connectivity index (χ0n) is 9.32. The number of ether oxygens (including phenoxy) is 1. The number of carbonyl (C=O) groups is 1. The van der Waals surface area contributed by atoms with E-state index >= 15 is 0 Å². The molecule has 2 fully saturated rings. The third-order valence-electron chi connectivity index (χ3n) is 3.17. The smallest absolute Gasteiger partial charge is 0.163 e. The van der Waals surface area contributed by atoms with Crippen molar-refractivity contribution in [3.8, 4) is 5.75 Å². The third kappa shape index (κ3) is 2.43. The van der Waals surface area contributed by atoms with E-state index in [4.69, 9.17) is 4.74 Å². The van der Waals surface area contributed by atoms with E-state index in [2.05, 4.69) is 0 Å². The minimum Gasteiger partial charge on any atom is -0.490 e. The summed E-state index contributed by atoms with van der Waals surface area (Å²) < 4.78 is 5.64. The largest absolute Gasteiger partial charge is 0.490 e. The molecule has 2 aliphatic carbocycles. The van der Waals surface area contributed by atoms with Gasteiger partial charge in [-0.25, -0.2) is 0 Å². The zero-order valence-corrected chi connectivity index (χ0v) is 9.32. The van der Waals surface area contributed by atoms with Gasteiger partial charge in [0, 0.05) is 12.0 Å². The Morgan fingerprint density at radius 3 is 2.38 bits per heavy atom. The van der Waals surface area contributed by atoms with Gasteiger partial charge < -0.3 is 4.74 Å². The van der Waals surface area contributed by atoms with E-state index in [1.807, 2.05) is 24.3 Å². The van der Waals surface area contributed by atoms with Crippen molar-refractivity contribution in [2.24, 2.45) is 5.92 Å². The van der Waals surface area contributed by atoms with Crippen molar-refractivity contribution in [2.75, 3.05) is 0 Å². The molecular formula is C14H16O2. The number of hydrogen-bond donors (Lipinski definition) is 0. The summed E-state index contributed by atoms with van der Waals surface area (Å²) in [7, 11) is 0. The number of Topliss-reactive ketones (excluding diaryl/α,β-unsaturated/α-hetero) is 1. The van der Waals surface area contributed by atoms with Crippen molar-refractivity contribution < 1.29 is 9.53 Å². The van der Waals surface area contributed by atoms with E-state index in [1.165, 1.54) is 25.7 Å². The summed E-state index contributed by atoms with van der Waals surface area (Å²) in [5, 5.41) is 0. The Balaban J connectivity index is 1.63. The summed E-state index contributed by atoms with van der Waals surface area (Å²) >= 11 is 0. The SMILES string of the molecule is O=C(CC1CC1)c1ccc(OC2CC2)cc1. The average Bonchev–Trinajstić information content (AvgIpc) is 3.14. The number of ketones is 1. The summed E-state index contributed by atoms with van der Waals surface area (Å²) in [5.74, 6) is 1.83. The van der Waals surface area contributed by atoms with Crippen LogP contribution in [0, 0.1) is 5.92 Å². The summed E-state index contributed by atoms with van der Waals surface area (Å²) in [5.41, 5.74) is 0.829. The zero-order chi connectivity index (χ0) is 11.0. The lowest BCUT2D eigenvalue weighted by Crippen LogP contribution is -2.01. The Morgan fingerprint density at radius 2 is 1.81 bits per heavy atom. The highest BCUT2D eigenvalue weighted by Gasteiger charge is 2.25. The summed E-state index contributed by atoms with van der Waals surface area (Å²) in [6, 6.07) is 7.61. The van der Waals surface area contributed by atoms with Gasteiger partial charge in [0.2, 0.25) is 0 Å². The quantitative estimate of drug-likeness (QED) is 0.706. The number of hydrogen-bond acceptors (Lipinski definition) is 2. The van der Waals surface area contributed by atoms with Crippen LogP contribution < -0.4 is 4.74 Å². The predicted octanol–water partition coefficient (Wildman–Crippen LogP) is 3.21. The lowest BCUT2D eigenvalue weighted by Gasteiger charge is -2.05. The summed E-state index contributed by atoms with van der Waals surface area (Å²) in [6.45, 7) is 0. The minimum atomic E-state index is 0.278. The van der Waals surface area contributed by atoms with Crippen molar-refractivity contribution >= 4 is 5.78 Å². The highest BCUT2D eigenvalue weighted by Crippen LogP contribution is 2.33. The van der Waals surface area contributed by atoms with Gasteiger partial charge in [-0.15, -0.1) is 0 Å². The topological polar surface area (TPSA) is 26.3 Å². The molecule has 2 saturated carbocycles. The Morgan fingerprint density at radius 1 is 1.12 bits per heavy atom. The third-order valence-corrected chi connectivity index (χ3v) is 3.17. The fourth-order valence-electron chi connectivity index (χ4n) is 1.80. The van der Waals surface area contributed by atoms with E-state index in [0.29, 0.717) is 12.0 Å². The number of carbonyl (C=O) groups excluding carboxylic acids is 1. The van der Waals surface area contributed by atoms with Crippen LogP contribution in [-0.2, 0) is 0 Å². The van der Waals surface area contributed by atoms with Crippen LogP contribution in [0.1, 0.15) is 42.5 Å². The van der Waals surface area contributed by atoms with Crippen molar-refractivity contribution in [1.29, 1.82) is 0 Å². The molecular weight excluding hydrogens is 200 g/mol. The molecule has 0 spiro atoms. The first-order valence-electron chi connectivity index (χ1n) is 6.11. The van der Waals surface area contributed by atoms with Crippen molar-refractivity contribution in [2.45, 2.75) is 38.2 Å². The molecule has 16 heavy (non-hydrogen) atoms. The Hall–Kier alpha value is -1.31. The van der Waals surface area contributed by atoms with Crippen molar-refractivity contribution in [1.82, 2.24) is 0 Å². The molecule has 0 aliphatic heterocycles. The molecule has 0 atom stereocenters. The second-order valence-electron chi connectivity index (χ2n) is 4.91. The van der Waals surface area contributed by atoms with Gasteiger partial charge in [-0.1, -0.05) is 0 Å². The van der Waals surface area contributed by atoms with E-state index in [9.17, 15) is 4.79 Å². The highest BCUT2D eigenvalue weighted by atomic mass is 16.5. The first-order valence-corrected chi connectivity index (χ1v) is 6.11. The lowest BCUT2D eigenvalue weighted by molar-refractivity contribution is 0.0976. The van der Waals surface area contributed by atoms with Crippen LogP contribution >= 0.6 is 0 Å². The second kappa shape index (κ2) is 3.93. The van der Waals surface area contributed by atoms with E-state index in [0.717, 1.165) is 17.7 Å². The maximum atomic E-state index is 11.8. The van der Waals surface area contributed by atoms with Crippen LogP contribution in [0.15, 0.2) is 24.3 Å². The van der Waals surface area contributed by atoms with Crippen LogP contribution in [0.4, 0.5) is 0 Å². The molecule has 1 aromatic carbocycles. The van der Waals surface area contributed by atoms with Gasteiger partial charge in [0.05, 0.1) is 6.10 Å². The van der Waals surface area contributed by atoms with E-state index in [1.54, 1.807) is 0 Å². The van der Waals surface area contributed by atoms with Gasteiger partial charge in [0.25, 0.3) is 0 Å². The molecule has 0 heterocycles. The molecule has 0 bridgehead atoms. The molecule has 84 valence electrons. The predicted molar refractivity (Wildman–Crippen MR) is 61.8 cm³/mol. The van der Waals surface area contributed by atoms with Crippen LogP contribution in [0.2, 0.25) is 0 Å². The maximum absolute atomic E-state index is 11.8. The Kier molecular flexibility index (Phi) is 2.43. The lowest BCUT2D eigenvalue weighted by atomic mass is 10.1. The fraction of sp³-hybridized carbons (Fsp3) is 0.500. The van der Waals surface area contributed by atoms with Gasteiger partial charge in [0.1, 0.15) is 5.75 Å². The Bertz CT molecular complexity index is 386. The van der Waals surface area contributed by atoms with Crippen molar-refractivity contribution in [3.05, 3.63) is 29.8 Å². The molecule has 1 aromatic rings. The molecule has 3 rings (SSSR count). The average molecular weight is 216 g/mol. The van der Waals surface area contributed by atoms with Crippen LogP contribution in [0.5, 0.6) is 5.75 Å². The second-order valence-corrected chi connectivity index (χ2v) is 4.91. The molecule has 0 N–H and O–H groups in total. The van der Waals surface area contributed by atoms with E-state index < -0.39 is 0 Å². The molecule has 2 heteroatoms. The maximum Gasteiger partial charge on any atom is 0.163 e. The normalized spacial score (nSPS) is 19.5. The highest BCUT2D eigenvalue weighted by molar-refractivity contribution is 5.96. The van der Waals surface area contributed by atoms with E-state index in [-0.39, 0.29) is 5.78 Å². The monoisotopic (exact) mass is 216 g/mol. The van der Waals surface area contributed by atoms with Gasteiger partial charge in [0.15, 0.2) is 5.78 Å². The Labute approximate surface area is 95.6 Å². The molecule has 2 nitrogen and oxygen atoms in total. The number of benzene rings is 1. The molecule has 0 aromatic heterocycles. The minimum absolute atomic E-state index is 0.278. The first-order chi connectivity index (χ1) is 7.81. The molecule has 0 saturated heterocycles. The van der Waals surface area contributed by atoms with Crippen LogP contribution in [0.25, 0.3) is 0 Å². The molecule has 0 radical (unpaired) electrons. The first kappa shape index (κ1) is 9.88. The standard InChI is InChI=1S/C14H16O2/c15-14(9-10-1-2-10)11-3-5-12(6-4-11)16-13-7-8-13/h3-6,10,13H,1-2,7-9H2. The van der Waals surface area contributed by atoms with Gasteiger partial charge in [-0.05, 0) is 55.9 Å². The number of rotatable bonds is 5. The van der Waals surface area contributed by atoms with Gasteiger partial charge in [-0.3, -0.25) is 4.79 Å². The molecule has 0 amide bonds. The molecule has 0 unspecified atom stereocenters. The van der Waals surface area contributed by atoms with Crippen LogP contribution in [-0.4, -0.2) is 11.9 Å². The summed E-state index contributed by atoms with van der Waals surface area (Å²) in [6.07, 6.45) is 5.95. The van der Waals surface area contributed by atoms with Gasteiger partial charge in [-0.2, -0.15) is 0 Å². The summed E-state index contributed by atoms with van der Waals surface area (Å²) in [4.78, 5) is 11.8.